The van der Waals surface area contributed by atoms with Gasteiger partial charge in [-0.05, 0) is 34.9 Å². The summed E-state index contributed by atoms with van der Waals surface area (Å²) in [5, 5.41) is 0.957. The highest BCUT2D eigenvalue weighted by atomic mass is 79.9. The van der Waals surface area contributed by atoms with Crippen LogP contribution in [0.15, 0.2) is 42.5 Å². The summed E-state index contributed by atoms with van der Waals surface area (Å²) in [5.41, 5.74) is 0.784. The quantitative estimate of drug-likeness (QED) is 0.590. The Labute approximate surface area is 122 Å². The smallest absolute Gasteiger partial charge is 0.166 e. The fourth-order valence-electron chi connectivity index (χ4n) is 1.87. The van der Waals surface area contributed by atoms with E-state index >= 15 is 0 Å². The van der Waals surface area contributed by atoms with Crippen LogP contribution in [0.2, 0.25) is 5.02 Å². The zero-order valence-corrected chi connectivity index (χ0v) is 12.0. The predicted octanol–water partition coefficient (Wildman–Crippen LogP) is 5.92. The summed E-state index contributed by atoms with van der Waals surface area (Å²) in [4.78, 5) is 0. The molecule has 0 aliphatic heterocycles. The number of alkyl halides is 4. The molecule has 0 heterocycles. The Morgan fingerprint density at radius 2 is 1.74 bits per heavy atom. The average Bonchev–Trinajstić information content (AvgIpc) is 2.37. The third kappa shape index (κ3) is 3.31. The lowest BCUT2D eigenvalue weighted by Crippen LogP contribution is -2.06. The summed E-state index contributed by atoms with van der Waals surface area (Å²) in [7, 11) is 0. The van der Waals surface area contributed by atoms with Crippen molar-refractivity contribution < 1.29 is 13.2 Å². The summed E-state index contributed by atoms with van der Waals surface area (Å²) in [6, 6.07) is 10.4. The minimum absolute atomic E-state index is 0.139. The zero-order valence-electron chi connectivity index (χ0n) is 9.64. The first kappa shape index (κ1) is 14.4. The summed E-state index contributed by atoms with van der Waals surface area (Å²) in [6.07, 6.45) is -4.38. The van der Waals surface area contributed by atoms with Crippen LogP contribution in [0.25, 0.3) is 11.1 Å². The Hall–Kier alpha value is -1.000. The second kappa shape index (κ2) is 5.55. The first-order valence-electron chi connectivity index (χ1n) is 5.44. The predicted molar refractivity (Wildman–Crippen MR) is 74.5 cm³/mol. The summed E-state index contributed by atoms with van der Waals surface area (Å²) >= 11 is 9.22. The second-order valence-electron chi connectivity index (χ2n) is 4.03. The van der Waals surface area contributed by atoms with Crippen molar-refractivity contribution in [1.82, 2.24) is 0 Å². The Morgan fingerprint density at radius 3 is 2.37 bits per heavy atom. The van der Waals surface area contributed by atoms with Crippen molar-refractivity contribution in [2.24, 2.45) is 0 Å². The van der Waals surface area contributed by atoms with Gasteiger partial charge in [-0.15, -0.1) is 0 Å². The molecule has 0 N–H and O–H groups in total. The SMILES string of the molecule is FC(F)(F)c1ccccc1-c1cc(Cl)cc(CBr)c1. The first-order valence-corrected chi connectivity index (χ1v) is 6.94. The maximum atomic E-state index is 13.0. The van der Waals surface area contributed by atoms with Crippen molar-refractivity contribution in [1.29, 1.82) is 0 Å². The van der Waals surface area contributed by atoms with Crippen LogP contribution in [-0.4, -0.2) is 0 Å². The molecule has 5 heteroatoms. The highest BCUT2D eigenvalue weighted by molar-refractivity contribution is 9.08. The van der Waals surface area contributed by atoms with Crippen LogP contribution in [0, 0.1) is 0 Å². The van der Waals surface area contributed by atoms with E-state index in [1.165, 1.54) is 18.2 Å². The molecule has 2 aromatic rings. The number of benzene rings is 2. The highest BCUT2D eigenvalue weighted by Gasteiger charge is 2.33. The Balaban J connectivity index is 2.62. The molecule has 0 atom stereocenters. The van der Waals surface area contributed by atoms with Crippen LogP contribution in [0.4, 0.5) is 13.2 Å². The standard InChI is InChI=1S/C14H9BrClF3/c15-8-9-5-10(7-11(16)6-9)12-3-1-2-4-13(12)14(17,18)19/h1-7H,8H2. The Kier molecular flexibility index (Phi) is 4.21. The average molecular weight is 350 g/mol. The largest absolute Gasteiger partial charge is 0.417 e. The first-order chi connectivity index (χ1) is 8.91. The van der Waals surface area contributed by atoms with Crippen LogP contribution in [0.1, 0.15) is 11.1 Å². The van der Waals surface area contributed by atoms with Gasteiger partial charge in [-0.25, -0.2) is 0 Å². The van der Waals surface area contributed by atoms with Crippen LogP contribution < -0.4 is 0 Å². The van der Waals surface area contributed by atoms with E-state index in [0.29, 0.717) is 15.9 Å². The molecule has 0 radical (unpaired) electrons. The van der Waals surface area contributed by atoms with Gasteiger partial charge in [0.25, 0.3) is 0 Å². The van der Waals surface area contributed by atoms with Crippen molar-refractivity contribution in [3.8, 4) is 11.1 Å². The second-order valence-corrected chi connectivity index (χ2v) is 5.02. The van der Waals surface area contributed by atoms with Crippen LogP contribution in [0.5, 0.6) is 0 Å². The molecule has 0 fully saturated rings. The lowest BCUT2D eigenvalue weighted by molar-refractivity contribution is -0.137. The molecule has 0 saturated heterocycles. The fourth-order valence-corrected chi connectivity index (χ4v) is 2.45. The zero-order chi connectivity index (χ0) is 14.0. The van der Waals surface area contributed by atoms with E-state index in [1.54, 1.807) is 18.2 Å². The van der Waals surface area contributed by atoms with E-state index in [9.17, 15) is 13.2 Å². The van der Waals surface area contributed by atoms with E-state index < -0.39 is 11.7 Å². The Bertz CT molecular complexity index is 593. The van der Waals surface area contributed by atoms with Gasteiger partial charge in [0.15, 0.2) is 0 Å². The molecular weight excluding hydrogens is 341 g/mol. The van der Waals surface area contributed by atoms with Gasteiger partial charge in [-0.1, -0.05) is 51.8 Å². The van der Waals surface area contributed by atoms with Crippen molar-refractivity contribution in [2.45, 2.75) is 11.5 Å². The van der Waals surface area contributed by atoms with Gasteiger partial charge in [0, 0.05) is 10.4 Å². The van der Waals surface area contributed by atoms with E-state index in [2.05, 4.69) is 15.9 Å². The van der Waals surface area contributed by atoms with Crippen molar-refractivity contribution >= 4 is 27.5 Å². The maximum Gasteiger partial charge on any atom is 0.417 e. The highest BCUT2D eigenvalue weighted by Crippen LogP contribution is 2.38. The van der Waals surface area contributed by atoms with E-state index in [1.807, 2.05) is 0 Å². The van der Waals surface area contributed by atoms with Crippen molar-refractivity contribution in [3.05, 3.63) is 58.6 Å². The third-order valence-corrected chi connectivity index (χ3v) is 3.52. The van der Waals surface area contributed by atoms with Gasteiger partial charge >= 0.3 is 6.18 Å². The molecule has 0 aromatic heterocycles. The molecule has 100 valence electrons. The molecular formula is C14H9BrClF3. The number of hydrogen-bond acceptors (Lipinski definition) is 0. The molecule has 0 nitrogen and oxygen atoms in total. The minimum atomic E-state index is -4.38. The summed E-state index contributed by atoms with van der Waals surface area (Å²) in [6.45, 7) is 0. The maximum absolute atomic E-state index is 13.0. The van der Waals surface area contributed by atoms with Crippen LogP contribution in [-0.2, 0) is 11.5 Å². The van der Waals surface area contributed by atoms with Gasteiger partial charge in [-0.2, -0.15) is 13.2 Å². The van der Waals surface area contributed by atoms with Gasteiger partial charge in [0.2, 0.25) is 0 Å². The third-order valence-electron chi connectivity index (χ3n) is 2.66. The number of halogens is 5. The monoisotopic (exact) mass is 348 g/mol. The molecule has 0 saturated carbocycles. The van der Waals surface area contributed by atoms with Gasteiger partial charge in [0.1, 0.15) is 0 Å². The summed E-state index contributed by atoms with van der Waals surface area (Å²) < 4.78 is 38.9. The topological polar surface area (TPSA) is 0 Å². The van der Waals surface area contributed by atoms with Crippen LogP contribution in [0.3, 0.4) is 0 Å². The summed E-state index contributed by atoms with van der Waals surface area (Å²) in [5.74, 6) is 0. The van der Waals surface area contributed by atoms with E-state index in [-0.39, 0.29) is 5.56 Å². The Morgan fingerprint density at radius 1 is 1.05 bits per heavy atom. The molecule has 0 aliphatic rings. The van der Waals surface area contributed by atoms with Crippen molar-refractivity contribution in [3.63, 3.8) is 0 Å². The lowest BCUT2D eigenvalue weighted by Gasteiger charge is -2.13. The van der Waals surface area contributed by atoms with E-state index in [4.69, 9.17) is 11.6 Å². The lowest BCUT2D eigenvalue weighted by atomic mass is 9.98. The van der Waals surface area contributed by atoms with Crippen LogP contribution >= 0.6 is 27.5 Å². The number of hydrogen-bond donors (Lipinski definition) is 0. The van der Waals surface area contributed by atoms with E-state index in [0.717, 1.165) is 11.6 Å². The normalized spacial score (nSPS) is 11.6. The molecule has 0 aliphatic carbocycles. The molecule has 0 spiro atoms. The molecule has 0 bridgehead atoms. The van der Waals surface area contributed by atoms with Gasteiger partial charge < -0.3 is 0 Å². The van der Waals surface area contributed by atoms with Gasteiger partial charge in [0.05, 0.1) is 5.56 Å². The minimum Gasteiger partial charge on any atom is -0.166 e. The molecule has 0 amide bonds. The van der Waals surface area contributed by atoms with Gasteiger partial charge in [-0.3, -0.25) is 0 Å². The number of rotatable bonds is 2. The molecule has 0 unspecified atom stereocenters. The molecule has 2 rings (SSSR count). The molecule has 2 aromatic carbocycles. The van der Waals surface area contributed by atoms with Crippen molar-refractivity contribution in [2.75, 3.05) is 0 Å². The fraction of sp³-hybridized carbons (Fsp3) is 0.143. The molecule has 19 heavy (non-hydrogen) atoms.